The highest BCUT2D eigenvalue weighted by Crippen LogP contribution is 2.31. The van der Waals surface area contributed by atoms with Crippen molar-refractivity contribution in [1.29, 1.82) is 0 Å². The summed E-state index contributed by atoms with van der Waals surface area (Å²) in [6.45, 7) is 0. The van der Waals surface area contributed by atoms with Gasteiger partial charge in [0, 0.05) is 16.9 Å². The van der Waals surface area contributed by atoms with E-state index in [-0.39, 0.29) is 0 Å². The van der Waals surface area contributed by atoms with Crippen LogP contribution in [0.4, 0.5) is 0 Å². The highest BCUT2D eigenvalue weighted by molar-refractivity contribution is 9.11. The Labute approximate surface area is 83.9 Å². The molecule has 0 N–H and O–H groups in total. The van der Waals surface area contributed by atoms with Crippen molar-refractivity contribution in [2.75, 3.05) is 0 Å². The number of Topliss-reactive ketones (excluding diaryl/α,β-unsaturated/α-hetero) is 1. The fourth-order valence-corrected chi connectivity index (χ4v) is 2.49. The molecule has 0 bridgehead atoms. The largest absolute Gasteiger partial charge is 0.294 e. The van der Waals surface area contributed by atoms with Gasteiger partial charge >= 0.3 is 0 Å². The molecule has 0 amide bonds. The van der Waals surface area contributed by atoms with Gasteiger partial charge in [0.2, 0.25) is 0 Å². The molecule has 0 saturated heterocycles. The highest BCUT2D eigenvalue weighted by Gasteiger charge is 2.26. The van der Waals surface area contributed by atoms with Crippen LogP contribution in [-0.4, -0.2) is 5.78 Å². The van der Waals surface area contributed by atoms with E-state index in [0.717, 1.165) is 22.2 Å². The summed E-state index contributed by atoms with van der Waals surface area (Å²) in [6, 6.07) is 1.92. The number of carbonyl (C=O) groups is 1. The van der Waals surface area contributed by atoms with Gasteiger partial charge in [-0.3, -0.25) is 4.79 Å². The number of rotatable bonds is 2. The maximum atomic E-state index is 11.6. The van der Waals surface area contributed by atoms with Crippen LogP contribution >= 0.6 is 27.3 Å². The SMILES string of the molecule is O=C(c1csc(Br)c1)C1CCC1. The number of halogens is 1. The Kier molecular flexibility index (Phi) is 2.33. The third kappa shape index (κ3) is 1.48. The first kappa shape index (κ1) is 8.45. The summed E-state index contributed by atoms with van der Waals surface area (Å²) in [4.78, 5) is 11.6. The summed E-state index contributed by atoms with van der Waals surface area (Å²) < 4.78 is 1.05. The molecule has 0 aromatic carbocycles. The second-order valence-electron chi connectivity index (χ2n) is 3.13. The average molecular weight is 245 g/mol. The Morgan fingerprint density at radius 1 is 1.58 bits per heavy atom. The molecule has 1 heterocycles. The molecule has 1 aliphatic carbocycles. The Balaban J connectivity index is 2.13. The summed E-state index contributed by atoms with van der Waals surface area (Å²) in [5.41, 5.74) is 0.886. The summed E-state index contributed by atoms with van der Waals surface area (Å²) >= 11 is 4.94. The molecule has 1 nitrogen and oxygen atoms in total. The molecular formula is C9H9BrOS. The molecule has 0 aliphatic heterocycles. The maximum absolute atomic E-state index is 11.6. The molecule has 0 radical (unpaired) electrons. The zero-order valence-corrected chi connectivity index (χ0v) is 8.95. The fraction of sp³-hybridized carbons (Fsp3) is 0.444. The number of thiophene rings is 1. The van der Waals surface area contributed by atoms with E-state index in [2.05, 4.69) is 15.9 Å². The zero-order valence-electron chi connectivity index (χ0n) is 6.55. The second kappa shape index (κ2) is 3.30. The molecule has 1 saturated carbocycles. The van der Waals surface area contributed by atoms with E-state index < -0.39 is 0 Å². The van der Waals surface area contributed by atoms with Crippen LogP contribution in [0, 0.1) is 5.92 Å². The van der Waals surface area contributed by atoms with Gasteiger partial charge in [0.15, 0.2) is 5.78 Å². The molecule has 3 heteroatoms. The van der Waals surface area contributed by atoms with Crippen molar-refractivity contribution in [2.45, 2.75) is 19.3 Å². The number of carbonyl (C=O) groups excluding carboxylic acids is 1. The predicted octanol–water partition coefficient (Wildman–Crippen LogP) is 3.49. The summed E-state index contributed by atoms with van der Waals surface area (Å²) in [7, 11) is 0. The Morgan fingerprint density at radius 2 is 2.33 bits per heavy atom. The summed E-state index contributed by atoms with van der Waals surface area (Å²) in [5.74, 6) is 0.662. The first-order valence-electron chi connectivity index (χ1n) is 4.05. The quantitative estimate of drug-likeness (QED) is 0.729. The van der Waals surface area contributed by atoms with Gasteiger partial charge in [-0.2, -0.15) is 0 Å². The van der Waals surface area contributed by atoms with Crippen LogP contribution in [0.5, 0.6) is 0 Å². The minimum Gasteiger partial charge on any atom is -0.294 e. The molecule has 64 valence electrons. The lowest BCUT2D eigenvalue weighted by atomic mass is 9.80. The standard InChI is InChI=1S/C9H9BrOS/c10-8-4-7(5-12-8)9(11)6-2-1-3-6/h4-6H,1-3H2. The van der Waals surface area contributed by atoms with Gasteiger partial charge in [-0.1, -0.05) is 6.42 Å². The van der Waals surface area contributed by atoms with E-state index in [9.17, 15) is 4.79 Å². The summed E-state index contributed by atoms with van der Waals surface area (Å²) in [5, 5.41) is 1.94. The van der Waals surface area contributed by atoms with Crippen LogP contribution in [0.3, 0.4) is 0 Å². The lowest BCUT2D eigenvalue weighted by Crippen LogP contribution is -2.21. The van der Waals surface area contributed by atoms with Crippen LogP contribution in [0.25, 0.3) is 0 Å². The fourth-order valence-electron chi connectivity index (χ4n) is 1.35. The van der Waals surface area contributed by atoms with Crippen molar-refractivity contribution < 1.29 is 4.79 Å². The lowest BCUT2D eigenvalue weighted by molar-refractivity contribution is 0.0855. The van der Waals surface area contributed by atoms with Gasteiger partial charge in [0.25, 0.3) is 0 Å². The average Bonchev–Trinajstić information content (AvgIpc) is 2.31. The molecule has 12 heavy (non-hydrogen) atoms. The Bertz CT molecular complexity index is 301. The monoisotopic (exact) mass is 244 g/mol. The van der Waals surface area contributed by atoms with Crippen molar-refractivity contribution in [3.05, 3.63) is 20.8 Å². The number of hydrogen-bond acceptors (Lipinski definition) is 2. The molecule has 1 fully saturated rings. The van der Waals surface area contributed by atoms with E-state index in [1.54, 1.807) is 11.3 Å². The molecule has 2 rings (SSSR count). The van der Waals surface area contributed by atoms with E-state index in [1.807, 2.05) is 11.4 Å². The van der Waals surface area contributed by atoms with Crippen molar-refractivity contribution in [2.24, 2.45) is 5.92 Å². The molecule has 0 atom stereocenters. The number of ketones is 1. The van der Waals surface area contributed by atoms with Gasteiger partial charge in [0.05, 0.1) is 3.79 Å². The third-order valence-electron chi connectivity index (χ3n) is 2.33. The molecule has 1 aromatic heterocycles. The lowest BCUT2D eigenvalue weighted by Gasteiger charge is -2.23. The van der Waals surface area contributed by atoms with Crippen LogP contribution in [0.2, 0.25) is 0 Å². The topological polar surface area (TPSA) is 17.1 Å². The second-order valence-corrected chi connectivity index (χ2v) is 5.42. The van der Waals surface area contributed by atoms with Gasteiger partial charge in [-0.05, 0) is 34.8 Å². The molecule has 1 aliphatic rings. The van der Waals surface area contributed by atoms with Crippen molar-refractivity contribution in [3.8, 4) is 0 Å². The van der Waals surface area contributed by atoms with E-state index in [0.29, 0.717) is 11.7 Å². The highest BCUT2D eigenvalue weighted by atomic mass is 79.9. The third-order valence-corrected chi connectivity index (χ3v) is 3.83. The van der Waals surface area contributed by atoms with Gasteiger partial charge in [-0.15, -0.1) is 11.3 Å². The van der Waals surface area contributed by atoms with Crippen LogP contribution in [0.15, 0.2) is 15.2 Å². The Morgan fingerprint density at radius 3 is 2.75 bits per heavy atom. The Hall–Kier alpha value is -0.150. The van der Waals surface area contributed by atoms with Crippen LogP contribution < -0.4 is 0 Å². The van der Waals surface area contributed by atoms with E-state index in [4.69, 9.17) is 0 Å². The van der Waals surface area contributed by atoms with Gasteiger partial charge < -0.3 is 0 Å². The maximum Gasteiger partial charge on any atom is 0.166 e. The van der Waals surface area contributed by atoms with Crippen molar-refractivity contribution >= 4 is 33.0 Å². The normalized spacial score (nSPS) is 17.4. The molecule has 0 spiro atoms. The van der Waals surface area contributed by atoms with Crippen LogP contribution in [0.1, 0.15) is 29.6 Å². The van der Waals surface area contributed by atoms with Crippen LogP contribution in [-0.2, 0) is 0 Å². The number of hydrogen-bond donors (Lipinski definition) is 0. The predicted molar refractivity (Wildman–Crippen MR) is 53.7 cm³/mol. The van der Waals surface area contributed by atoms with Gasteiger partial charge in [-0.25, -0.2) is 0 Å². The minimum absolute atomic E-state index is 0.325. The van der Waals surface area contributed by atoms with E-state index >= 15 is 0 Å². The van der Waals surface area contributed by atoms with Crippen molar-refractivity contribution in [1.82, 2.24) is 0 Å². The molecular weight excluding hydrogens is 236 g/mol. The summed E-state index contributed by atoms with van der Waals surface area (Å²) in [6.07, 6.45) is 3.40. The first-order chi connectivity index (χ1) is 5.77. The first-order valence-corrected chi connectivity index (χ1v) is 5.73. The molecule has 1 aromatic rings. The zero-order chi connectivity index (χ0) is 8.55. The smallest absolute Gasteiger partial charge is 0.166 e. The van der Waals surface area contributed by atoms with Crippen molar-refractivity contribution in [3.63, 3.8) is 0 Å². The minimum atomic E-state index is 0.325. The van der Waals surface area contributed by atoms with Gasteiger partial charge in [0.1, 0.15) is 0 Å². The molecule has 0 unspecified atom stereocenters. The van der Waals surface area contributed by atoms with E-state index in [1.165, 1.54) is 6.42 Å².